The number of nitrogens with one attached hydrogen (secondary N) is 1. The Bertz CT molecular complexity index is 531. The molecule has 1 saturated heterocycles. The van der Waals surface area contributed by atoms with Crippen molar-refractivity contribution in [2.24, 2.45) is 11.7 Å². The number of rotatable bonds is 3. The second-order valence-electron chi connectivity index (χ2n) is 7.11. The SMILES string of the molecule is NC1CCC(Nc2cccc(N3CCC(C(F)(F)F)CC3)c2)CC1. The lowest BCUT2D eigenvalue weighted by Gasteiger charge is -2.35. The topological polar surface area (TPSA) is 41.3 Å². The van der Waals surface area contributed by atoms with Gasteiger partial charge >= 0.3 is 6.18 Å². The zero-order valence-electron chi connectivity index (χ0n) is 13.9. The summed E-state index contributed by atoms with van der Waals surface area (Å²) in [5.74, 6) is -1.15. The van der Waals surface area contributed by atoms with Gasteiger partial charge in [-0.25, -0.2) is 0 Å². The number of alkyl halides is 3. The molecule has 0 bridgehead atoms. The van der Waals surface area contributed by atoms with Crippen LogP contribution >= 0.6 is 0 Å². The quantitative estimate of drug-likeness (QED) is 0.868. The van der Waals surface area contributed by atoms with Crippen LogP contribution in [-0.2, 0) is 0 Å². The Morgan fingerprint density at radius 1 is 1.00 bits per heavy atom. The van der Waals surface area contributed by atoms with E-state index in [-0.39, 0.29) is 12.8 Å². The number of nitrogens with two attached hydrogens (primary N) is 1. The number of piperidine rings is 1. The number of anilines is 2. The van der Waals surface area contributed by atoms with Gasteiger partial charge in [0.15, 0.2) is 0 Å². The van der Waals surface area contributed by atoms with Crippen LogP contribution in [0.3, 0.4) is 0 Å². The molecule has 1 aliphatic carbocycles. The summed E-state index contributed by atoms with van der Waals surface area (Å²) < 4.78 is 38.4. The van der Waals surface area contributed by atoms with Crippen molar-refractivity contribution in [1.82, 2.24) is 0 Å². The summed E-state index contributed by atoms with van der Waals surface area (Å²) in [5.41, 5.74) is 7.99. The molecule has 6 heteroatoms. The van der Waals surface area contributed by atoms with Gasteiger partial charge in [-0.1, -0.05) is 6.07 Å². The standard InChI is InChI=1S/C18H26F3N3/c19-18(20,21)13-8-10-24(11-9-13)17-3-1-2-16(12-17)23-15-6-4-14(22)5-7-15/h1-3,12-15,23H,4-11,22H2. The molecule has 0 amide bonds. The van der Waals surface area contributed by atoms with E-state index < -0.39 is 12.1 Å². The molecule has 0 spiro atoms. The minimum absolute atomic E-state index is 0.182. The van der Waals surface area contributed by atoms with E-state index in [0.29, 0.717) is 25.2 Å². The molecular formula is C18H26F3N3. The molecular weight excluding hydrogens is 315 g/mol. The Labute approximate surface area is 141 Å². The monoisotopic (exact) mass is 341 g/mol. The summed E-state index contributed by atoms with van der Waals surface area (Å²) >= 11 is 0. The number of hydrogen-bond acceptors (Lipinski definition) is 3. The van der Waals surface area contributed by atoms with Crippen molar-refractivity contribution < 1.29 is 13.2 Å². The third-order valence-corrected chi connectivity index (χ3v) is 5.31. The molecule has 0 radical (unpaired) electrons. The van der Waals surface area contributed by atoms with Crippen LogP contribution < -0.4 is 16.0 Å². The van der Waals surface area contributed by atoms with Gasteiger partial charge in [0, 0.05) is 36.5 Å². The fourth-order valence-corrected chi connectivity index (χ4v) is 3.76. The molecule has 24 heavy (non-hydrogen) atoms. The van der Waals surface area contributed by atoms with Crippen LogP contribution in [0.4, 0.5) is 24.5 Å². The van der Waals surface area contributed by atoms with E-state index in [2.05, 4.69) is 16.3 Å². The van der Waals surface area contributed by atoms with E-state index in [1.807, 2.05) is 18.2 Å². The molecule has 1 aromatic rings. The Morgan fingerprint density at radius 2 is 1.67 bits per heavy atom. The van der Waals surface area contributed by atoms with E-state index >= 15 is 0 Å². The predicted octanol–water partition coefficient (Wildman–Crippen LogP) is 4.15. The summed E-state index contributed by atoms with van der Waals surface area (Å²) in [5, 5.41) is 3.55. The van der Waals surface area contributed by atoms with Crippen LogP contribution in [0.5, 0.6) is 0 Å². The molecule has 1 saturated carbocycles. The maximum atomic E-state index is 12.8. The van der Waals surface area contributed by atoms with Crippen molar-refractivity contribution in [2.75, 3.05) is 23.3 Å². The summed E-state index contributed by atoms with van der Waals surface area (Å²) in [7, 11) is 0. The lowest BCUT2D eigenvalue weighted by atomic mass is 9.91. The Hall–Kier alpha value is -1.43. The maximum Gasteiger partial charge on any atom is 0.391 e. The first-order chi connectivity index (χ1) is 11.4. The second kappa shape index (κ2) is 7.21. The third-order valence-electron chi connectivity index (χ3n) is 5.31. The van der Waals surface area contributed by atoms with Gasteiger partial charge in [-0.05, 0) is 56.7 Å². The van der Waals surface area contributed by atoms with Crippen LogP contribution in [0.25, 0.3) is 0 Å². The van der Waals surface area contributed by atoms with E-state index in [0.717, 1.165) is 37.1 Å². The molecule has 1 heterocycles. The molecule has 1 aromatic carbocycles. The zero-order chi connectivity index (χ0) is 17.2. The van der Waals surface area contributed by atoms with E-state index in [4.69, 9.17) is 5.73 Å². The van der Waals surface area contributed by atoms with E-state index in [9.17, 15) is 13.2 Å². The molecule has 3 rings (SSSR count). The van der Waals surface area contributed by atoms with Crippen molar-refractivity contribution >= 4 is 11.4 Å². The van der Waals surface area contributed by atoms with Gasteiger partial charge in [0.1, 0.15) is 0 Å². The molecule has 0 unspecified atom stereocenters. The van der Waals surface area contributed by atoms with Crippen LogP contribution in [-0.4, -0.2) is 31.3 Å². The van der Waals surface area contributed by atoms with Gasteiger partial charge in [0.25, 0.3) is 0 Å². The lowest BCUT2D eigenvalue weighted by Crippen LogP contribution is -2.39. The average molecular weight is 341 g/mol. The first kappa shape index (κ1) is 17.4. The van der Waals surface area contributed by atoms with Gasteiger partial charge in [0.05, 0.1) is 5.92 Å². The van der Waals surface area contributed by atoms with Crippen LogP contribution in [0.2, 0.25) is 0 Å². The van der Waals surface area contributed by atoms with Crippen LogP contribution in [0.15, 0.2) is 24.3 Å². The Morgan fingerprint density at radius 3 is 2.29 bits per heavy atom. The number of benzene rings is 1. The minimum atomic E-state index is -4.06. The highest BCUT2D eigenvalue weighted by atomic mass is 19.4. The highest BCUT2D eigenvalue weighted by Gasteiger charge is 2.41. The lowest BCUT2D eigenvalue weighted by molar-refractivity contribution is -0.179. The van der Waals surface area contributed by atoms with Crippen molar-refractivity contribution in [2.45, 2.75) is 56.8 Å². The first-order valence-electron chi connectivity index (χ1n) is 8.85. The normalized spacial score (nSPS) is 26.4. The largest absolute Gasteiger partial charge is 0.391 e. The fraction of sp³-hybridized carbons (Fsp3) is 0.667. The zero-order valence-corrected chi connectivity index (χ0v) is 13.9. The van der Waals surface area contributed by atoms with E-state index in [1.165, 1.54) is 0 Å². The predicted molar refractivity (Wildman–Crippen MR) is 91.3 cm³/mol. The third kappa shape index (κ3) is 4.35. The number of halogens is 3. The summed E-state index contributed by atoms with van der Waals surface area (Å²) in [6.45, 7) is 0.928. The average Bonchev–Trinajstić information content (AvgIpc) is 2.57. The second-order valence-corrected chi connectivity index (χ2v) is 7.11. The molecule has 0 atom stereocenters. The van der Waals surface area contributed by atoms with Gasteiger partial charge in [-0.2, -0.15) is 13.2 Å². The van der Waals surface area contributed by atoms with Crippen molar-refractivity contribution in [3.8, 4) is 0 Å². The van der Waals surface area contributed by atoms with Gasteiger partial charge in [-0.3, -0.25) is 0 Å². The molecule has 3 nitrogen and oxygen atoms in total. The highest BCUT2D eigenvalue weighted by molar-refractivity contribution is 5.58. The van der Waals surface area contributed by atoms with Crippen molar-refractivity contribution in [1.29, 1.82) is 0 Å². The van der Waals surface area contributed by atoms with Gasteiger partial charge in [-0.15, -0.1) is 0 Å². The smallest absolute Gasteiger partial charge is 0.382 e. The maximum absolute atomic E-state index is 12.8. The highest BCUT2D eigenvalue weighted by Crippen LogP contribution is 2.35. The van der Waals surface area contributed by atoms with Crippen LogP contribution in [0.1, 0.15) is 38.5 Å². The summed E-state index contributed by atoms with van der Waals surface area (Å²) in [6.07, 6.45) is 0.538. The number of hydrogen-bond donors (Lipinski definition) is 2. The molecule has 2 fully saturated rings. The summed E-state index contributed by atoms with van der Waals surface area (Å²) in [6, 6.07) is 8.81. The molecule has 0 aromatic heterocycles. The van der Waals surface area contributed by atoms with Crippen molar-refractivity contribution in [3.63, 3.8) is 0 Å². The minimum Gasteiger partial charge on any atom is -0.382 e. The van der Waals surface area contributed by atoms with Gasteiger partial charge < -0.3 is 16.0 Å². The molecule has 3 N–H and O–H groups in total. The molecule has 2 aliphatic rings. The van der Waals surface area contributed by atoms with Crippen LogP contribution in [0, 0.1) is 5.92 Å². The van der Waals surface area contributed by atoms with E-state index in [1.54, 1.807) is 0 Å². The fourth-order valence-electron chi connectivity index (χ4n) is 3.76. The molecule has 1 aliphatic heterocycles. The van der Waals surface area contributed by atoms with Crippen molar-refractivity contribution in [3.05, 3.63) is 24.3 Å². The molecule has 134 valence electrons. The number of nitrogens with zero attached hydrogens (tertiary/aromatic N) is 1. The Balaban J connectivity index is 1.58. The Kier molecular flexibility index (Phi) is 5.23. The first-order valence-corrected chi connectivity index (χ1v) is 8.85. The summed E-state index contributed by atoms with van der Waals surface area (Å²) in [4.78, 5) is 2.06. The van der Waals surface area contributed by atoms with Gasteiger partial charge in [0.2, 0.25) is 0 Å².